The van der Waals surface area contributed by atoms with Crippen molar-refractivity contribution >= 4 is 11.9 Å². The molecule has 2 atom stereocenters. The van der Waals surface area contributed by atoms with E-state index in [1.807, 2.05) is 31.2 Å². The monoisotopic (exact) mass is 627 g/mol. The molecular weight excluding hydrogens is 594 g/mol. The molecule has 5 N–H and O–H groups in total. The average molecular weight is 628 g/mol. The molecule has 0 radical (unpaired) electrons. The van der Waals surface area contributed by atoms with E-state index in [0.29, 0.717) is 5.56 Å². The number of rotatable bonds is 10. The number of carbonyl (C=O) groups excluding carboxylic acids is 1. The lowest BCUT2D eigenvalue weighted by Crippen LogP contribution is -2.22. The number of aromatic carboxylic acids is 1. The van der Waals surface area contributed by atoms with Crippen molar-refractivity contribution in [3.05, 3.63) is 160 Å². The normalized spacial score (nSPS) is 12.4. The van der Waals surface area contributed by atoms with Gasteiger partial charge in [0.2, 0.25) is 0 Å². The zero-order chi connectivity index (χ0) is 33.1. The Balaban J connectivity index is 1.50. The molecule has 2 unspecified atom stereocenters. The Labute approximate surface area is 271 Å². The third kappa shape index (κ3) is 5.89. The summed E-state index contributed by atoms with van der Waals surface area (Å²) in [6, 6.07) is 24.2. The van der Waals surface area contributed by atoms with E-state index in [2.05, 4.69) is 50.5 Å². The average Bonchev–Trinajstić information content (AvgIpc) is 3.80. The number of carboxylic acids is 1. The van der Waals surface area contributed by atoms with Gasteiger partial charge >= 0.3 is 5.97 Å². The van der Waals surface area contributed by atoms with E-state index in [0.717, 1.165) is 50.3 Å². The minimum atomic E-state index is -0.990. The van der Waals surface area contributed by atoms with Crippen molar-refractivity contribution in [3.63, 3.8) is 0 Å². The summed E-state index contributed by atoms with van der Waals surface area (Å²) in [4.78, 5) is 44.3. The van der Waals surface area contributed by atoms with E-state index in [9.17, 15) is 19.8 Å². The molecule has 10 nitrogen and oxygen atoms in total. The molecule has 6 aromatic rings. The number of hydroxylamine groups is 1. The third-order valence-corrected chi connectivity index (χ3v) is 8.61. The first-order valence-electron chi connectivity index (χ1n) is 14.9. The molecule has 2 heterocycles. The van der Waals surface area contributed by atoms with Crippen molar-refractivity contribution in [2.24, 2.45) is 0 Å². The van der Waals surface area contributed by atoms with Crippen molar-refractivity contribution in [2.75, 3.05) is 7.11 Å². The molecule has 47 heavy (non-hydrogen) atoms. The van der Waals surface area contributed by atoms with Crippen LogP contribution in [0.15, 0.2) is 104 Å². The fraction of sp³-hybridized carbons (Fsp3) is 0.135. The number of aromatic amines is 2. The first-order chi connectivity index (χ1) is 22.8. The van der Waals surface area contributed by atoms with Gasteiger partial charge in [-0.05, 0) is 71.0 Å². The van der Waals surface area contributed by atoms with Crippen LogP contribution in [-0.4, -0.2) is 49.1 Å². The number of imidazole rings is 2. The number of nitrogens with one attached hydrogen (secondary N) is 3. The van der Waals surface area contributed by atoms with Gasteiger partial charge in [-0.1, -0.05) is 60.7 Å². The summed E-state index contributed by atoms with van der Waals surface area (Å²) in [5, 5.41) is 21.1. The molecule has 10 heteroatoms. The van der Waals surface area contributed by atoms with Crippen LogP contribution in [0.5, 0.6) is 5.75 Å². The van der Waals surface area contributed by atoms with Crippen LogP contribution in [0, 0.1) is 13.8 Å². The second-order valence-electron chi connectivity index (χ2n) is 11.2. The summed E-state index contributed by atoms with van der Waals surface area (Å²) < 4.78 is 0. The number of para-hydroxylation sites is 1. The number of aromatic nitrogens is 4. The fourth-order valence-electron chi connectivity index (χ4n) is 6.37. The number of aromatic hydroxyl groups is 1. The summed E-state index contributed by atoms with van der Waals surface area (Å²) in [7, 11) is 1.34. The van der Waals surface area contributed by atoms with E-state index in [1.165, 1.54) is 13.2 Å². The maximum Gasteiger partial charge on any atom is 0.335 e. The lowest BCUT2D eigenvalue weighted by atomic mass is 9.80. The van der Waals surface area contributed by atoms with Crippen molar-refractivity contribution in [3.8, 4) is 16.9 Å². The summed E-state index contributed by atoms with van der Waals surface area (Å²) in [5.41, 5.74) is 11.4. The van der Waals surface area contributed by atoms with Crippen LogP contribution in [-0.2, 0) is 4.84 Å². The van der Waals surface area contributed by atoms with E-state index in [1.54, 1.807) is 55.4 Å². The Morgan fingerprint density at radius 2 is 1.32 bits per heavy atom. The lowest BCUT2D eigenvalue weighted by molar-refractivity contribution is 0.0534. The summed E-state index contributed by atoms with van der Waals surface area (Å²) in [5.74, 6) is -2.48. The third-order valence-electron chi connectivity index (χ3n) is 8.61. The molecule has 236 valence electrons. The maximum atomic E-state index is 12.7. The largest absolute Gasteiger partial charge is 0.507 e. The molecule has 1 amide bonds. The fourth-order valence-corrected chi connectivity index (χ4v) is 6.37. The van der Waals surface area contributed by atoms with Crippen molar-refractivity contribution in [1.82, 2.24) is 25.4 Å². The second-order valence-corrected chi connectivity index (χ2v) is 11.2. The van der Waals surface area contributed by atoms with Gasteiger partial charge in [0.15, 0.2) is 0 Å². The molecule has 0 aliphatic rings. The van der Waals surface area contributed by atoms with E-state index >= 15 is 0 Å². The number of nitrogens with zero attached hydrogens (tertiary/aromatic N) is 2. The van der Waals surface area contributed by atoms with E-state index < -0.39 is 17.8 Å². The van der Waals surface area contributed by atoms with Gasteiger partial charge in [-0.3, -0.25) is 9.63 Å². The van der Waals surface area contributed by atoms with Crippen molar-refractivity contribution < 1.29 is 24.6 Å². The predicted octanol–water partition coefficient (Wildman–Crippen LogP) is 6.47. The summed E-state index contributed by atoms with van der Waals surface area (Å²) >= 11 is 0. The topological polar surface area (TPSA) is 153 Å². The Morgan fingerprint density at radius 1 is 0.766 bits per heavy atom. The SMILES string of the molecule is CONC(=O)c1cccc(C(c2cnc[nH]2)c2cccc(-c3cccc(C(c4cccc(C(=O)O)c4)c4cnc[nH]4)c3C)c2C)c1O. The van der Waals surface area contributed by atoms with Gasteiger partial charge in [0, 0.05) is 29.3 Å². The number of hydrogen-bond acceptors (Lipinski definition) is 6. The zero-order valence-electron chi connectivity index (χ0n) is 26.0. The maximum absolute atomic E-state index is 12.7. The molecule has 0 bridgehead atoms. The summed E-state index contributed by atoms with van der Waals surface area (Å²) in [6.07, 6.45) is 6.68. The van der Waals surface area contributed by atoms with Crippen LogP contribution in [0.1, 0.15) is 77.3 Å². The quantitative estimate of drug-likeness (QED) is 0.109. The van der Waals surface area contributed by atoms with Crippen molar-refractivity contribution in [1.29, 1.82) is 0 Å². The molecular formula is C37H33N5O5. The molecule has 0 fully saturated rings. The molecule has 6 rings (SSSR count). The van der Waals surface area contributed by atoms with Gasteiger partial charge in [-0.25, -0.2) is 20.2 Å². The number of amides is 1. The molecule has 2 aromatic heterocycles. The summed E-state index contributed by atoms with van der Waals surface area (Å²) in [6.45, 7) is 4.11. The Hall–Kier alpha value is -6.00. The Kier molecular flexibility index (Phi) is 8.68. The van der Waals surface area contributed by atoms with Gasteiger partial charge in [-0.2, -0.15) is 0 Å². The van der Waals surface area contributed by atoms with Crippen LogP contribution in [0.25, 0.3) is 11.1 Å². The highest BCUT2D eigenvalue weighted by Crippen LogP contribution is 2.43. The molecule has 0 saturated carbocycles. The molecule has 0 aliphatic heterocycles. The number of carbonyl (C=O) groups is 2. The highest BCUT2D eigenvalue weighted by atomic mass is 16.6. The van der Waals surface area contributed by atoms with Crippen LogP contribution in [0.2, 0.25) is 0 Å². The molecule has 0 saturated heterocycles. The van der Waals surface area contributed by atoms with Gasteiger partial charge in [-0.15, -0.1) is 0 Å². The van der Waals surface area contributed by atoms with Gasteiger partial charge in [0.25, 0.3) is 5.91 Å². The number of H-pyrrole nitrogens is 2. The standard InChI is InChI=1S/C37H33N5O5/c1-21-25(10-5-12-27(21)33(31-17-38-19-40-31)23-8-4-9-24(16-23)37(45)46)26-11-6-13-28(22(26)2)34(32-18-39-20-41-32)29-14-7-15-30(35(29)43)36(44)42-47-3/h4-20,33-34,43H,1-3H3,(H,38,40)(H,39,41)(H,42,44)(H,45,46). The number of carboxylic acid groups (broad SMARTS) is 1. The van der Waals surface area contributed by atoms with Crippen molar-refractivity contribution in [2.45, 2.75) is 25.7 Å². The van der Waals surface area contributed by atoms with Gasteiger partial charge in [0.1, 0.15) is 5.75 Å². The molecule has 0 spiro atoms. The number of benzene rings is 4. The number of phenols is 1. The number of hydrogen-bond donors (Lipinski definition) is 5. The second kappa shape index (κ2) is 13.2. The Morgan fingerprint density at radius 3 is 1.89 bits per heavy atom. The van der Waals surface area contributed by atoms with Gasteiger partial charge < -0.3 is 20.2 Å². The van der Waals surface area contributed by atoms with Gasteiger partial charge in [0.05, 0.1) is 42.7 Å². The van der Waals surface area contributed by atoms with E-state index in [-0.39, 0.29) is 22.8 Å². The van der Waals surface area contributed by atoms with Crippen LogP contribution >= 0.6 is 0 Å². The highest BCUT2D eigenvalue weighted by Gasteiger charge is 2.28. The highest BCUT2D eigenvalue weighted by molar-refractivity contribution is 5.96. The predicted molar refractivity (Wildman–Crippen MR) is 176 cm³/mol. The molecule has 0 aliphatic carbocycles. The zero-order valence-corrected chi connectivity index (χ0v) is 26.0. The first-order valence-corrected chi connectivity index (χ1v) is 14.9. The molecule has 4 aromatic carbocycles. The minimum absolute atomic E-state index is 0.0861. The van der Waals surface area contributed by atoms with Crippen LogP contribution < -0.4 is 5.48 Å². The van der Waals surface area contributed by atoms with Crippen LogP contribution in [0.4, 0.5) is 0 Å². The Bertz CT molecular complexity index is 2050. The van der Waals surface area contributed by atoms with E-state index in [4.69, 9.17) is 4.84 Å². The number of phenolic OH excluding ortho intramolecular Hbond substituents is 1. The smallest absolute Gasteiger partial charge is 0.335 e. The lowest BCUT2D eigenvalue weighted by Gasteiger charge is -2.24. The minimum Gasteiger partial charge on any atom is -0.507 e. The first kappa shape index (κ1) is 31.0. The van der Waals surface area contributed by atoms with Crippen LogP contribution in [0.3, 0.4) is 0 Å².